The maximum atomic E-state index is 10.8. The molecule has 0 heterocycles. The Morgan fingerprint density at radius 1 is 0.786 bits per heavy atom. The van der Waals surface area contributed by atoms with Gasteiger partial charge in [-0.05, 0) is 13.8 Å². The third-order valence-corrected chi connectivity index (χ3v) is 1.74. The van der Waals surface area contributed by atoms with Gasteiger partial charge in [0.05, 0.1) is 0 Å². The van der Waals surface area contributed by atoms with Crippen molar-refractivity contribution in [2.75, 3.05) is 0 Å². The Morgan fingerprint density at radius 2 is 1.00 bits per heavy atom. The van der Waals surface area contributed by atoms with Crippen molar-refractivity contribution < 1.29 is 29.4 Å². The fourth-order valence-corrected chi connectivity index (χ4v) is 1.10. The standard InChI is InChI=1S/C8H10O6/c1-3(9)5(7(11)12)6(4(2)10)8(13)14/h5-6H,1-2H3,(H,11,12)(H,13,14). The first-order valence-corrected chi connectivity index (χ1v) is 3.75. The van der Waals surface area contributed by atoms with E-state index < -0.39 is 35.3 Å². The van der Waals surface area contributed by atoms with Crippen LogP contribution in [0.15, 0.2) is 0 Å². The van der Waals surface area contributed by atoms with Crippen LogP contribution in [0.25, 0.3) is 0 Å². The molecule has 0 aliphatic carbocycles. The molecule has 2 unspecified atom stereocenters. The summed E-state index contributed by atoms with van der Waals surface area (Å²) in [5.74, 6) is -8.49. The number of carboxylic acid groups (broad SMARTS) is 2. The molecule has 6 nitrogen and oxygen atoms in total. The summed E-state index contributed by atoms with van der Waals surface area (Å²) in [7, 11) is 0. The Bertz CT molecular complexity index is 234. The zero-order valence-corrected chi connectivity index (χ0v) is 7.68. The maximum Gasteiger partial charge on any atom is 0.315 e. The van der Waals surface area contributed by atoms with Crippen molar-refractivity contribution in [1.82, 2.24) is 0 Å². The molecule has 2 N–H and O–H groups in total. The van der Waals surface area contributed by atoms with Gasteiger partial charge in [-0.1, -0.05) is 0 Å². The minimum atomic E-state index is -1.80. The molecule has 0 fully saturated rings. The Balaban J connectivity index is 5.13. The minimum absolute atomic E-state index is 0.847. The molecule has 0 aromatic rings. The summed E-state index contributed by atoms with van der Waals surface area (Å²) in [6.07, 6.45) is 0. The number of Topliss-reactive ketones (excluding diaryl/α,β-unsaturated/α-hetero) is 2. The first-order valence-electron chi connectivity index (χ1n) is 3.75. The lowest BCUT2D eigenvalue weighted by atomic mass is 9.86. The summed E-state index contributed by atoms with van der Waals surface area (Å²) < 4.78 is 0. The highest BCUT2D eigenvalue weighted by molar-refractivity contribution is 6.09. The van der Waals surface area contributed by atoms with E-state index >= 15 is 0 Å². The number of hydrogen-bond acceptors (Lipinski definition) is 4. The van der Waals surface area contributed by atoms with Crippen LogP contribution in [0.2, 0.25) is 0 Å². The Morgan fingerprint density at radius 3 is 1.07 bits per heavy atom. The third kappa shape index (κ3) is 2.65. The van der Waals surface area contributed by atoms with E-state index in [0.29, 0.717) is 0 Å². The molecule has 0 radical (unpaired) electrons. The van der Waals surface area contributed by atoms with Gasteiger partial charge in [-0.25, -0.2) is 0 Å². The van der Waals surface area contributed by atoms with E-state index in [9.17, 15) is 19.2 Å². The predicted octanol–water partition coefficient (Wildman–Crippen LogP) is -0.434. The van der Waals surface area contributed by atoms with Crippen LogP contribution in [-0.4, -0.2) is 33.7 Å². The van der Waals surface area contributed by atoms with Gasteiger partial charge >= 0.3 is 11.9 Å². The lowest BCUT2D eigenvalue weighted by molar-refractivity contribution is -0.160. The zero-order chi connectivity index (χ0) is 11.5. The van der Waals surface area contributed by atoms with E-state index in [-0.39, 0.29) is 0 Å². The highest BCUT2D eigenvalue weighted by Crippen LogP contribution is 2.15. The summed E-state index contributed by atoms with van der Waals surface area (Å²) in [5, 5.41) is 17.2. The molecular formula is C8H10O6. The number of carbonyl (C=O) groups is 4. The van der Waals surface area contributed by atoms with Crippen LogP contribution in [0, 0.1) is 11.8 Å². The Labute approximate surface area is 79.5 Å². The summed E-state index contributed by atoms with van der Waals surface area (Å²) >= 11 is 0. The maximum absolute atomic E-state index is 10.8. The minimum Gasteiger partial charge on any atom is -0.481 e. The van der Waals surface area contributed by atoms with Crippen molar-refractivity contribution in [2.24, 2.45) is 11.8 Å². The monoisotopic (exact) mass is 202 g/mol. The van der Waals surface area contributed by atoms with Gasteiger partial charge in [0.1, 0.15) is 23.4 Å². The van der Waals surface area contributed by atoms with Crippen LogP contribution < -0.4 is 0 Å². The predicted molar refractivity (Wildman–Crippen MR) is 43.6 cm³/mol. The first-order chi connectivity index (χ1) is 6.29. The molecule has 0 saturated heterocycles. The highest BCUT2D eigenvalue weighted by Gasteiger charge is 2.40. The average Bonchev–Trinajstić information content (AvgIpc) is 1.96. The van der Waals surface area contributed by atoms with Gasteiger partial charge in [0.15, 0.2) is 0 Å². The molecule has 0 aliphatic heterocycles. The van der Waals surface area contributed by atoms with E-state index in [2.05, 4.69) is 0 Å². The zero-order valence-electron chi connectivity index (χ0n) is 7.68. The number of carboxylic acids is 2. The summed E-state index contributed by atoms with van der Waals surface area (Å²) in [4.78, 5) is 42.8. The first kappa shape index (κ1) is 12.3. The quantitative estimate of drug-likeness (QED) is 0.585. The number of hydrogen-bond donors (Lipinski definition) is 2. The largest absolute Gasteiger partial charge is 0.481 e. The van der Waals surface area contributed by atoms with Gasteiger partial charge < -0.3 is 10.2 Å². The number of rotatable bonds is 5. The number of ketones is 2. The topological polar surface area (TPSA) is 109 Å². The fraction of sp³-hybridized carbons (Fsp3) is 0.500. The molecule has 0 rings (SSSR count). The molecule has 2 atom stereocenters. The summed E-state index contributed by atoms with van der Waals surface area (Å²) in [5.41, 5.74) is 0. The van der Waals surface area contributed by atoms with Gasteiger partial charge in [0.25, 0.3) is 0 Å². The number of aliphatic carboxylic acids is 2. The van der Waals surface area contributed by atoms with Crippen LogP contribution in [0.3, 0.4) is 0 Å². The molecule has 0 bridgehead atoms. The summed E-state index contributed by atoms with van der Waals surface area (Å²) in [6, 6.07) is 0. The molecule has 14 heavy (non-hydrogen) atoms. The normalized spacial score (nSPS) is 14.1. The van der Waals surface area contributed by atoms with Crippen molar-refractivity contribution in [3.8, 4) is 0 Å². The lowest BCUT2D eigenvalue weighted by Crippen LogP contribution is -2.38. The molecule has 0 aromatic heterocycles. The van der Waals surface area contributed by atoms with Crippen LogP contribution in [0.5, 0.6) is 0 Å². The Kier molecular flexibility index (Phi) is 3.95. The van der Waals surface area contributed by atoms with Crippen LogP contribution in [0.1, 0.15) is 13.8 Å². The average molecular weight is 202 g/mol. The van der Waals surface area contributed by atoms with E-state index in [1.807, 2.05) is 0 Å². The molecule has 6 heteroatoms. The van der Waals surface area contributed by atoms with Crippen molar-refractivity contribution in [2.45, 2.75) is 13.8 Å². The molecule has 0 aromatic carbocycles. The number of carbonyl (C=O) groups excluding carboxylic acids is 2. The Hall–Kier alpha value is -1.72. The van der Waals surface area contributed by atoms with E-state index in [1.165, 1.54) is 0 Å². The smallest absolute Gasteiger partial charge is 0.315 e. The third-order valence-electron chi connectivity index (χ3n) is 1.74. The molecule has 78 valence electrons. The second kappa shape index (κ2) is 4.50. The van der Waals surface area contributed by atoms with Crippen molar-refractivity contribution in [3.63, 3.8) is 0 Å². The van der Waals surface area contributed by atoms with Crippen LogP contribution in [0.4, 0.5) is 0 Å². The van der Waals surface area contributed by atoms with Gasteiger partial charge in [-0.2, -0.15) is 0 Å². The van der Waals surface area contributed by atoms with Gasteiger partial charge in [0.2, 0.25) is 0 Å². The summed E-state index contributed by atoms with van der Waals surface area (Å²) in [6.45, 7) is 1.88. The van der Waals surface area contributed by atoms with E-state index in [4.69, 9.17) is 10.2 Å². The molecular weight excluding hydrogens is 192 g/mol. The van der Waals surface area contributed by atoms with Crippen LogP contribution >= 0.6 is 0 Å². The van der Waals surface area contributed by atoms with Crippen molar-refractivity contribution in [3.05, 3.63) is 0 Å². The van der Waals surface area contributed by atoms with E-state index in [1.54, 1.807) is 0 Å². The van der Waals surface area contributed by atoms with Gasteiger partial charge in [-0.3, -0.25) is 19.2 Å². The van der Waals surface area contributed by atoms with E-state index in [0.717, 1.165) is 13.8 Å². The SMILES string of the molecule is CC(=O)C(C(=O)O)C(C(C)=O)C(=O)O. The van der Waals surface area contributed by atoms with Crippen LogP contribution in [-0.2, 0) is 19.2 Å². The molecule has 0 saturated carbocycles. The van der Waals surface area contributed by atoms with Crippen molar-refractivity contribution in [1.29, 1.82) is 0 Å². The highest BCUT2D eigenvalue weighted by atomic mass is 16.4. The fourth-order valence-electron chi connectivity index (χ4n) is 1.10. The van der Waals surface area contributed by atoms with Gasteiger partial charge in [0, 0.05) is 0 Å². The molecule has 0 aliphatic rings. The molecule has 0 spiro atoms. The van der Waals surface area contributed by atoms with Crippen molar-refractivity contribution >= 4 is 23.5 Å². The lowest BCUT2D eigenvalue weighted by Gasteiger charge is -2.14. The second-order valence-corrected chi connectivity index (χ2v) is 2.85. The second-order valence-electron chi connectivity index (χ2n) is 2.85. The molecule has 0 amide bonds. The van der Waals surface area contributed by atoms with Gasteiger partial charge in [-0.15, -0.1) is 0 Å².